The molecule has 6 nitrogen and oxygen atoms in total. The van der Waals surface area contributed by atoms with E-state index in [0.717, 1.165) is 25.3 Å². The lowest BCUT2D eigenvalue weighted by Gasteiger charge is -2.08. The number of ether oxygens (including phenoxy) is 1. The van der Waals surface area contributed by atoms with Crippen molar-refractivity contribution in [1.29, 1.82) is 0 Å². The van der Waals surface area contributed by atoms with Crippen LogP contribution in [0.25, 0.3) is 0 Å². The van der Waals surface area contributed by atoms with Crippen molar-refractivity contribution in [2.75, 3.05) is 13.7 Å². The van der Waals surface area contributed by atoms with Crippen LogP contribution in [0.5, 0.6) is 5.75 Å². The molecule has 0 aliphatic carbocycles. The molecule has 0 atom stereocenters. The maximum absolute atomic E-state index is 11.9. The topological polar surface area (TPSA) is 92.7 Å². The Morgan fingerprint density at radius 1 is 1.53 bits per heavy atom. The standard InChI is InChI=1S/C11H12ClNO5S/c1-7(12)6-13-19(16,17)8-3-4-10(14)9(5-8)11(15)18-2/h3-5,13-14H,1,6H2,2H3. The Hall–Kier alpha value is -1.57. The molecule has 1 aromatic carbocycles. The molecule has 0 fully saturated rings. The summed E-state index contributed by atoms with van der Waals surface area (Å²) in [7, 11) is -2.73. The summed E-state index contributed by atoms with van der Waals surface area (Å²) in [6, 6.07) is 3.26. The highest BCUT2D eigenvalue weighted by Crippen LogP contribution is 2.22. The maximum Gasteiger partial charge on any atom is 0.341 e. The third kappa shape index (κ3) is 3.95. The molecule has 0 bridgehead atoms. The number of methoxy groups -OCH3 is 1. The van der Waals surface area contributed by atoms with Gasteiger partial charge in [-0.1, -0.05) is 18.2 Å². The summed E-state index contributed by atoms with van der Waals surface area (Å²) in [5.74, 6) is -1.20. The van der Waals surface area contributed by atoms with Crippen LogP contribution < -0.4 is 4.72 Å². The van der Waals surface area contributed by atoms with Crippen molar-refractivity contribution in [3.8, 4) is 5.75 Å². The number of nitrogens with one attached hydrogen (secondary N) is 1. The molecular formula is C11H12ClNO5S. The molecule has 8 heteroatoms. The van der Waals surface area contributed by atoms with Gasteiger partial charge in [0.1, 0.15) is 11.3 Å². The Kier molecular flexibility index (Phi) is 4.93. The molecule has 0 saturated heterocycles. The number of esters is 1. The van der Waals surface area contributed by atoms with Gasteiger partial charge in [-0.2, -0.15) is 0 Å². The second-order valence-electron chi connectivity index (χ2n) is 3.51. The number of carbonyl (C=O) groups excluding carboxylic acids is 1. The van der Waals surface area contributed by atoms with Gasteiger partial charge in [-0.05, 0) is 18.2 Å². The van der Waals surface area contributed by atoms with Gasteiger partial charge < -0.3 is 9.84 Å². The number of hydrogen-bond acceptors (Lipinski definition) is 5. The molecule has 1 aromatic rings. The SMILES string of the molecule is C=C(Cl)CNS(=O)(=O)c1ccc(O)c(C(=O)OC)c1. The normalized spacial score (nSPS) is 11.1. The highest BCUT2D eigenvalue weighted by atomic mass is 35.5. The summed E-state index contributed by atoms with van der Waals surface area (Å²) >= 11 is 5.47. The Morgan fingerprint density at radius 2 is 2.16 bits per heavy atom. The van der Waals surface area contributed by atoms with Crippen LogP contribution in [-0.4, -0.2) is 33.1 Å². The molecule has 0 unspecified atom stereocenters. The number of aromatic hydroxyl groups is 1. The lowest BCUT2D eigenvalue weighted by Crippen LogP contribution is -2.25. The van der Waals surface area contributed by atoms with Gasteiger partial charge in [-0.25, -0.2) is 17.9 Å². The monoisotopic (exact) mass is 305 g/mol. The van der Waals surface area contributed by atoms with Crippen LogP contribution in [0.1, 0.15) is 10.4 Å². The number of halogens is 1. The third-order valence-electron chi connectivity index (χ3n) is 2.14. The molecule has 0 heterocycles. The van der Waals surface area contributed by atoms with Gasteiger partial charge in [-0.15, -0.1) is 0 Å². The van der Waals surface area contributed by atoms with E-state index in [1.54, 1.807) is 0 Å². The summed E-state index contributed by atoms with van der Waals surface area (Å²) < 4.78 is 30.4. The van der Waals surface area contributed by atoms with Crippen molar-refractivity contribution in [2.45, 2.75) is 4.90 Å². The summed E-state index contributed by atoms with van der Waals surface area (Å²) in [4.78, 5) is 11.2. The van der Waals surface area contributed by atoms with E-state index in [-0.39, 0.29) is 27.8 Å². The van der Waals surface area contributed by atoms with Crippen LogP contribution in [-0.2, 0) is 14.8 Å². The van der Waals surface area contributed by atoms with Crippen molar-refractivity contribution in [1.82, 2.24) is 4.72 Å². The first-order valence-electron chi connectivity index (χ1n) is 5.02. The molecule has 104 valence electrons. The summed E-state index contributed by atoms with van der Waals surface area (Å²) in [5.41, 5.74) is -0.241. The van der Waals surface area contributed by atoms with Crippen molar-refractivity contribution >= 4 is 27.6 Å². The molecule has 0 spiro atoms. The van der Waals surface area contributed by atoms with Gasteiger partial charge >= 0.3 is 5.97 Å². The van der Waals surface area contributed by atoms with Crippen molar-refractivity contribution < 1.29 is 23.1 Å². The zero-order valence-electron chi connectivity index (χ0n) is 10.0. The fourth-order valence-electron chi connectivity index (χ4n) is 1.21. The second-order valence-corrected chi connectivity index (χ2v) is 5.81. The fraction of sp³-hybridized carbons (Fsp3) is 0.182. The van der Waals surface area contributed by atoms with Crippen LogP contribution in [0.15, 0.2) is 34.7 Å². The zero-order chi connectivity index (χ0) is 14.6. The zero-order valence-corrected chi connectivity index (χ0v) is 11.6. The molecule has 1 rings (SSSR count). The van der Waals surface area contributed by atoms with Gasteiger partial charge in [0.25, 0.3) is 0 Å². The molecule has 0 radical (unpaired) electrons. The minimum atomic E-state index is -3.85. The van der Waals surface area contributed by atoms with Gasteiger partial charge in [-0.3, -0.25) is 0 Å². The molecule has 0 aliphatic heterocycles. The number of hydrogen-bond donors (Lipinski definition) is 2. The average molecular weight is 306 g/mol. The van der Waals surface area contributed by atoms with Crippen LogP contribution in [0.4, 0.5) is 0 Å². The number of carbonyl (C=O) groups is 1. The van der Waals surface area contributed by atoms with Crippen molar-refractivity contribution in [3.63, 3.8) is 0 Å². The van der Waals surface area contributed by atoms with E-state index < -0.39 is 16.0 Å². The second kappa shape index (κ2) is 6.05. The number of phenolic OH excluding ortho intramolecular Hbond substituents is 1. The van der Waals surface area contributed by atoms with Gasteiger partial charge in [0.05, 0.1) is 12.0 Å². The smallest absolute Gasteiger partial charge is 0.341 e. The predicted molar refractivity (Wildman–Crippen MR) is 69.6 cm³/mol. The van der Waals surface area contributed by atoms with Crippen molar-refractivity contribution in [2.24, 2.45) is 0 Å². The van der Waals surface area contributed by atoms with E-state index in [2.05, 4.69) is 16.0 Å². The quantitative estimate of drug-likeness (QED) is 0.798. The summed E-state index contributed by atoms with van der Waals surface area (Å²) in [5, 5.41) is 9.59. The van der Waals surface area contributed by atoms with E-state index >= 15 is 0 Å². The van der Waals surface area contributed by atoms with E-state index in [1.165, 1.54) is 0 Å². The average Bonchev–Trinajstić information content (AvgIpc) is 2.36. The number of rotatable bonds is 5. The number of sulfonamides is 1. The number of benzene rings is 1. The third-order valence-corrected chi connectivity index (χ3v) is 3.67. The Labute approximate surface area is 115 Å². The molecule has 0 amide bonds. The van der Waals surface area contributed by atoms with Crippen LogP contribution in [0, 0.1) is 0 Å². The van der Waals surface area contributed by atoms with Crippen molar-refractivity contribution in [3.05, 3.63) is 35.4 Å². The Morgan fingerprint density at radius 3 is 2.68 bits per heavy atom. The summed E-state index contributed by atoms with van der Waals surface area (Å²) in [6.07, 6.45) is 0. The maximum atomic E-state index is 11.9. The largest absolute Gasteiger partial charge is 0.507 e. The first-order chi connectivity index (χ1) is 8.77. The first kappa shape index (κ1) is 15.5. The molecule has 2 N–H and O–H groups in total. The minimum Gasteiger partial charge on any atom is -0.507 e. The fourth-order valence-corrected chi connectivity index (χ4v) is 2.41. The van der Waals surface area contributed by atoms with E-state index in [1.807, 2.05) is 0 Å². The highest BCUT2D eigenvalue weighted by Gasteiger charge is 2.19. The number of phenols is 1. The molecule has 0 aromatic heterocycles. The van der Waals surface area contributed by atoms with E-state index in [9.17, 15) is 18.3 Å². The molecule has 0 saturated carbocycles. The van der Waals surface area contributed by atoms with Gasteiger partial charge in [0, 0.05) is 11.6 Å². The lowest BCUT2D eigenvalue weighted by atomic mass is 10.2. The minimum absolute atomic E-state index is 0.121. The lowest BCUT2D eigenvalue weighted by molar-refractivity contribution is 0.0597. The highest BCUT2D eigenvalue weighted by molar-refractivity contribution is 7.89. The molecular weight excluding hydrogens is 294 g/mol. The predicted octanol–water partition coefficient (Wildman–Crippen LogP) is 1.21. The van der Waals surface area contributed by atoms with E-state index in [4.69, 9.17) is 11.6 Å². The first-order valence-corrected chi connectivity index (χ1v) is 6.88. The van der Waals surface area contributed by atoms with Crippen LogP contribution in [0.3, 0.4) is 0 Å². The molecule has 19 heavy (non-hydrogen) atoms. The summed E-state index contributed by atoms with van der Waals surface area (Å²) in [6.45, 7) is 3.21. The van der Waals surface area contributed by atoms with Gasteiger partial charge in [0.2, 0.25) is 10.0 Å². The van der Waals surface area contributed by atoms with Crippen LogP contribution in [0.2, 0.25) is 0 Å². The van der Waals surface area contributed by atoms with E-state index in [0.29, 0.717) is 0 Å². The van der Waals surface area contributed by atoms with Gasteiger partial charge in [0.15, 0.2) is 0 Å². The Balaban J connectivity index is 3.15. The molecule has 0 aliphatic rings. The van der Waals surface area contributed by atoms with Crippen LogP contribution >= 0.6 is 11.6 Å². The Bertz CT molecular complexity index is 612.